The molecule has 0 bridgehead atoms. The zero-order chi connectivity index (χ0) is 23.7. The molecule has 1 aliphatic rings. The molecule has 0 aliphatic carbocycles. The third kappa shape index (κ3) is 5.25. The number of hydrogen-bond donors (Lipinski definition) is 1. The minimum absolute atomic E-state index is 0.271. The highest BCUT2D eigenvalue weighted by atomic mass is 19.4. The van der Waals surface area contributed by atoms with Crippen LogP contribution in [0.2, 0.25) is 0 Å². The number of halogens is 6. The molecule has 4 rings (SSSR count). The third-order valence-corrected chi connectivity index (χ3v) is 4.35. The molecule has 0 radical (unpaired) electrons. The van der Waals surface area contributed by atoms with Gasteiger partial charge in [-0.15, -0.1) is 0 Å². The maximum absolute atomic E-state index is 12.6. The van der Waals surface area contributed by atoms with Gasteiger partial charge in [-0.05, 0) is 24.1 Å². The Bertz CT molecular complexity index is 1090. The summed E-state index contributed by atoms with van der Waals surface area (Å²) in [6.45, 7) is 1.02. The molecule has 2 N–H and O–H groups in total. The van der Waals surface area contributed by atoms with Gasteiger partial charge in [-0.3, -0.25) is 14.5 Å². The van der Waals surface area contributed by atoms with Gasteiger partial charge in [-0.2, -0.15) is 36.5 Å². The van der Waals surface area contributed by atoms with Crippen LogP contribution in [0.1, 0.15) is 33.1 Å². The van der Waals surface area contributed by atoms with Gasteiger partial charge in [-0.1, -0.05) is 0 Å². The first-order valence-electron chi connectivity index (χ1n) is 8.96. The zero-order valence-electron chi connectivity index (χ0n) is 16.4. The van der Waals surface area contributed by atoms with Crippen molar-refractivity contribution < 1.29 is 35.9 Å². The summed E-state index contributed by atoms with van der Waals surface area (Å²) in [5, 5.41) is 7.33. The van der Waals surface area contributed by atoms with Gasteiger partial charge in [0.1, 0.15) is 11.4 Å². The molecule has 32 heavy (non-hydrogen) atoms. The van der Waals surface area contributed by atoms with Crippen LogP contribution >= 0.6 is 0 Å². The fourth-order valence-electron chi connectivity index (χ4n) is 2.81. The smallest absolute Gasteiger partial charge is 0.375 e. The number of primary amides is 1. The molecule has 3 aromatic heterocycles. The van der Waals surface area contributed by atoms with E-state index in [1.807, 2.05) is 0 Å². The lowest BCUT2D eigenvalue weighted by Crippen LogP contribution is -2.15. The second-order valence-electron chi connectivity index (χ2n) is 6.65. The molecular weight excluding hydrogens is 446 g/mol. The minimum Gasteiger partial charge on any atom is -0.375 e. The maximum Gasteiger partial charge on any atom is 0.435 e. The number of fused-ring (bicyclic) bond motifs is 1. The van der Waals surface area contributed by atoms with Crippen molar-refractivity contribution in [3.63, 3.8) is 0 Å². The standard InChI is InChI=1S/C12H10F3N3O.C6H6F3N3O/c13-12(14,15)11-5-9(1-3-16-11)18-6-8-2-4-19-7-10(8)17-18;1-12-3(5(10)13)2-4(11-12)6(7,8)9/h1,3,5-6H,2,4,7H2;2H,1H3,(H2,10,13). The number of alkyl halides is 6. The molecule has 172 valence electrons. The molecule has 1 aliphatic heterocycles. The summed E-state index contributed by atoms with van der Waals surface area (Å²) in [6.07, 6.45) is -5.40. The second-order valence-corrected chi connectivity index (χ2v) is 6.65. The van der Waals surface area contributed by atoms with Crippen molar-refractivity contribution in [2.24, 2.45) is 12.8 Å². The molecule has 3 aromatic rings. The number of carbonyl (C=O) groups excluding carboxylic acids is 1. The SMILES string of the molecule is Cn1nc(C(F)(F)F)cc1C(N)=O.FC(F)(F)c1cc(-n2cc3c(n2)COCC3)ccn1. The predicted molar refractivity (Wildman–Crippen MR) is 96.4 cm³/mol. The van der Waals surface area contributed by atoms with Gasteiger partial charge in [-0.25, -0.2) is 4.68 Å². The average molecular weight is 462 g/mol. The van der Waals surface area contributed by atoms with E-state index in [0.29, 0.717) is 25.0 Å². The molecule has 0 saturated carbocycles. The van der Waals surface area contributed by atoms with E-state index in [-0.39, 0.29) is 5.69 Å². The van der Waals surface area contributed by atoms with E-state index in [1.165, 1.54) is 17.8 Å². The zero-order valence-corrected chi connectivity index (χ0v) is 16.4. The van der Waals surface area contributed by atoms with E-state index >= 15 is 0 Å². The first-order valence-corrected chi connectivity index (χ1v) is 8.96. The molecule has 0 spiro atoms. The van der Waals surface area contributed by atoms with Gasteiger partial charge >= 0.3 is 12.4 Å². The Morgan fingerprint density at radius 3 is 2.31 bits per heavy atom. The second kappa shape index (κ2) is 8.61. The van der Waals surface area contributed by atoms with Crippen molar-refractivity contribution in [1.29, 1.82) is 0 Å². The van der Waals surface area contributed by atoms with Crippen LogP contribution in [0, 0.1) is 0 Å². The Morgan fingerprint density at radius 1 is 1.09 bits per heavy atom. The van der Waals surface area contributed by atoms with Gasteiger partial charge in [0.25, 0.3) is 5.91 Å². The van der Waals surface area contributed by atoms with Crippen LogP contribution in [0.15, 0.2) is 30.6 Å². The quantitative estimate of drug-likeness (QED) is 0.591. The first kappa shape index (κ1) is 23.2. The Kier molecular flexibility index (Phi) is 6.25. The van der Waals surface area contributed by atoms with Gasteiger partial charge < -0.3 is 10.5 Å². The molecule has 0 unspecified atom stereocenters. The number of carbonyl (C=O) groups is 1. The van der Waals surface area contributed by atoms with Crippen LogP contribution in [0.25, 0.3) is 5.69 Å². The van der Waals surface area contributed by atoms with Gasteiger partial charge in [0, 0.05) is 25.5 Å². The predicted octanol–water partition coefficient (Wildman–Crippen LogP) is 2.90. The molecule has 1 amide bonds. The van der Waals surface area contributed by atoms with Crippen molar-refractivity contribution in [3.05, 3.63) is 58.9 Å². The van der Waals surface area contributed by atoms with Crippen molar-refractivity contribution in [2.75, 3.05) is 6.61 Å². The topological polar surface area (TPSA) is 101 Å². The van der Waals surface area contributed by atoms with Gasteiger partial charge in [0.05, 0.1) is 24.6 Å². The highest BCUT2D eigenvalue weighted by Crippen LogP contribution is 2.29. The van der Waals surface area contributed by atoms with Crippen molar-refractivity contribution >= 4 is 5.91 Å². The summed E-state index contributed by atoms with van der Waals surface area (Å²) < 4.78 is 81.3. The lowest BCUT2D eigenvalue weighted by atomic mass is 10.2. The summed E-state index contributed by atoms with van der Waals surface area (Å²) in [5.74, 6) is -0.939. The van der Waals surface area contributed by atoms with Crippen LogP contribution < -0.4 is 5.73 Å². The lowest BCUT2D eigenvalue weighted by Gasteiger charge is -2.08. The van der Waals surface area contributed by atoms with Crippen molar-refractivity contribution in [2.45, 2.75) is 25.4 Å². The number of pyridine rings is 1. The van der Waals surface area contributed by atoms with Crippen molar-refractivity contribution in [3.8, 4) is 5.69 Å². The fourth-order valence-corrected chi connectivity index (χ4v) is 2.81. The van der Waals surface area contributed by atoms with Crippen LogP contribution in [0.3, 0.4) is 0 Å². The van der Waals surface area contributed by atoms with E-state index < -0.39 is 29.6 Å². The third-order valence-electron chi connectivity index (χ3n) is 4.35. The summed E-state index contributed by atoms with van der Waals surface area (Å²) in [7, 11) is 1.22. The Labute approximate surface area is 176 Å². The number of hydrogen-bond acceptors (Lipinski definition) is 5. The first-order chi connectivity index (χ1) is 14.9. The van der Waals surface area contributed by atoms with Gasteiger partial charge in [0.15, 0.2) is 5.69 Å². The van der Waals surface area contributed by atoms with E-state index in [4.69, 9.17) is 10.5 Å². The van der Waals surface area contributed by atoms with Crippen LogP contribution in [-0.4, -0.2) is 37.1 Å². The maximum atomic E-state index is 12.6. The molecule has 14 heteroatoms. The normalized spacial score (nSPS) is 13.8. The Morgan fingerprint density at radius 2 is 1.78 bits per heavy atom. The average Bonchev–Trinajstić information content (AvgIpc) is 3.31. The number of ether oxygens (including phenoxy) is 1. The number of aryl methyl sites for hydroxylation is 1. The van der Waals surface area contributed by atoms with E-state index in [1.54, 1.807) is 6.20 Å². The molecule has 4 heterocycles. The molecule has 0 aromatic carbocycles. The summed E-state index contributed by atoms with van der Waals surface area (Å²) in [4.78, 5) is 13.9. The Hall–Kier alpha value is -3.42. The summed E-state index contributed by atoms with van der Waals surface area (Å²) in [5.41, 5.74) is 4.62. The largest absolute Gasteiger partial charge is 0.435 e. The van der Waals surface area contributed by atoms with Crippen molar-refractivity contribution in [1.82, 2.24) is 24.5 Å². The number of nitrogens with zero attached hydrogens (tertiary/aromatic N) is 5. The van der Waals surface area contributed by atoms with Crippen LogP contribution in [-0.2, 0) is 37.2 Å². The van der Waals surface area contributed by atoms with E-state index in [9.17, 15) is 31.1 Å². The Balaban J connectivity index is 0.000000195. The van der Waals surface area contributed by atoms with Crippen LogP contribution in [0.4, 0.5) is 26.3 Å². The molecule has 0 atom stereocenters. The van der Waals surface area contributed by atoms with Crippen LogP contribution in [0.5, 0.6) is 0 Å². The highest BCUT2D eigenvalue weighted by molar-refractivity contribution is 5.91. The number of amides is 1. The summed E-state index contributed by atoms with van der Waals surface area (Å²) >= 11 is 0. The number of nitrogens with two attached hydrogens (primary N) is 1. The molecule has 8 nitrogen and oxygen atoms in total. The highest BCUT2D eigenvalue weighted by Gasteiger charge is 2.35. The molecular formula is C18H16F6N6O2. The van der Waals surface area contributed by atoms with Gasteiger partial charge in [0.2, 0.25) is 0 Å². The monoisotopic (exact) mass is 462 g/mol. The number of aromatic nitrogens is 5. The van der Waals surface area contributed by atoms with E-state index in [2.05, 4.69) is 15.2 Å². The molecule has 0 saturated heterocycles. The summed E-state index contributed by atoms with van der Waals surface area (Å²) in [6, 6.07) is 3.09. The number of rotatable bonds is 2. The minimum atomic E-state index is -4.55. The fraction of sp³-hybridized carbons (Fsp3) is 0.333. The van der Waals surface area contributed by atoms with E-state index in [0.717, 1.165) is 34.6 Å². The lowest BCUT2D eigenvalue weighted by molar-refractivity contribution is -0.142. The molecule has 0 fully saturated rings.